The Labute approximate surface area is 154 Å². The van der Waals surface area contributed by atoms with Crippen LogP contribution in [-0.4, -0.2) is 45.5 Å². The molecule has 138 valence electrons. The molecule has 0 amide bonds. The quantitative estimate of drug-likeness (QED) is 0.256. The zero-order valence-corrected chi connectivity index (χ0v) is 16.3. The number of guanidine groups is 1. The highest BCUT2D eigenvalue weighted by Crippen LogP contribution is 2.40. The Kier molecular flexibility index (Phi) is 11.2. The van der Waals surface area contributed by atoms with Crippen LogP contribution in [0.25, 0.3) is 0 Å². The Morgan fingerprint density at radius 3 is 2.39 bits per heavy atom. The summed E-state index contributed by atoms with van der Waals surface area (Å²) < 4.78 is 40.3. The Morgan fingerprint density at radius 1 is 1.22 bits per heavy atom. The maximum absolute atomic E-state index is 11.9. The lowest BCUT2D eigenvalue weighted by Crippen LogP contribution is -2.43. The molecule has 1 rings (SSSR count). The molecule has 0 aromatic carbocycles. The summed E-state index contributed by atoms with van der Waals surface area (Å²) in [6.07, 6.45) is 2.49. The molecule has 0 saturated heterocycles. The first-order valence-electron chi connectivity index (χ1n) is 8.00. The van der Waals surface area contributed by atoms with Crippen molar-refractivity contribution in [3.8, 4) is 0 Å². The number of nitrogens with one attached hydrogen (secondary N) is 2. The van der Waals surface area contributed by atoms with E-state index in [1.807, 2.05) is 0 Å². The monoisotopic (exact) mass is 451 g/mol. The summed E-state index contributed by atoms with van der Waals surface area (Å²) in [6.45, 7) is 2.56. The average molecular weight is 451 g/mol. The lowest BCUT2D eigenvalue weighted by atomic mass is 9.83. The zero-order chi connectivity index (χ0) is 16.5. The number of nitrogens with zero attached hydrogens (tertiary/aromatic N) is 1. The molecule has 1 aliphatic carbocycles. The molecular formula is C15H29F3IN3O. The fraction of sp³-hybridized carbons (Fsp3) is 0.933. The van der Waals surface area contributed by atoms with Crippen LogP contribution in [0.5, 0.6) is 0 Å². The Bertz CT molecular complexity index is 345. The predicted octanol–water partition coefficient (Wildman–Crippen LogP) is 3.71. The molecule has 0 aromatic heterocycles. The molecule has 0 radical (unpaired) electrons. The van der Waals surface area contributed by atoms with E-state index >= 15 is 0 Å². The van der Waals surface area contributed by atoms with E-state index in [9.17, 15) is 13.2 Å². The lowest BCUT2D eigenvalue weighted by Gasteiger charge is -2.28. The molecule has 1 fully saturated rings. The SMILES string of the molecule is CCC1(CNC(=NC)NCCCOCC(F)(F)F)CCCC1.I. The van der Waals surface area contributed by atoms with Gasteiger partial charge in [-0.25, -0.2) is 0 Å². The molecule has 0 bridgehead atoms. The van der Waals surface area contributed by atoms with Gasteiger partial charge in [-0.05, 0) is 31.1 Å². The van der Waals surface area contributed by atoms with Crippen LogP contribution in [0.2, 0.25) is 0 Å². The Balaban J connectivity index is 0.00000484. The van der Waals surface area contributed by atoms with Crippen LogP contribution in [0.4, 0.5) is 13.2 Å². The molecule has 1 saturated carbocycles. The zero-order valence-electron chi connectivity index (χ0n) is 14.0. The van der Waals surface area contributed by atoms with Crippen LogP contribution in [0.3, 0.4) is 0 Å². The van der Waals surface area contributed by atoms with E-state index in [0.29, 0.717) is 24.3 Å². The molecule has 0 heterocycles. The molecule has 0 aliphatic heterocycles. The van der Waals surface area contributed by atoms with Crippen LogP contribution in [0, 0.1) is 5.41 Å². The van der Waals surface area contributed by atoms with Gasteiger partial charge in [0.1, 0.15) is 6.61 Å². The van der Waals surface area contributed by atoms with Crippen LogP contribution in [-0.2, 0) is 4.74 Å². The van der Waals surface area contributed by atoms with E-state index < -0.39 is 12.8 Å². The number of hydrogen-bond acceptors (Lipinski definition) is 2. The van der Waals surface area contributed by atoms with Gasteiger partial charge in [-0.15, -0.1) is 24.0 Å². The van der Waals surface area contributed by atoms with E-state index in [1.54, 1.807) is 7.05 Å². The maximum Gasteiger partial charge on any atom is 0.411 e. The fourth-order valence-electron chi connectivity index (χ4n) is 2.84. The van der Waals surface area contributed by atoms with E-state index in [4.69, 9.17) is 0 Å². The molecule has 0 atom stereocenters. The molecule has 4 nitrogen and oxygen atoms in total. The highest BCUT2D eigenvalue weighted by atomic mass is 127. The minimum absolute atomic E-state index is 0. The van der Waals surface area contributed by atoms with Gasteiger partial charge < -0.3 is 15.4 Å². The van der Waals surface area contributed by atoms with Crippen molar-refractivity contribution in [2.45, 2.75) is 51.6 Å². The maximum atomic E-state index is 11.9. The fourth-order valence-corrected chi connectivity index (χ4v) is 2.84. The van der Waals surface area contributed by atoms with Gasteiger partial charge in [0.2, 0.25) is 0 Å². The molecule has 0 spiro atoms. The van der Waals surface area contributed by atoms with Crippen molar-refractivity contribution in [2.24, 2.45) is 10.4 Å². The van der Waals surface area contributed by atoms with Gasteiger partial charge in [0, 0.05) is 26.7 Å². The summed E-state index contributed by atoms with van der Waals surface area (Å²) >= 11 is 0. The summed E-state index contributed by atoms with van der Waals surface area (Å²) in [7, 11) is 1.70. The van der Waals surface area contributed by atoms with E-state index in [0.717, 1.165) is 13.0 Å². The van der Waals surface area contributed by atoms with Crippen molar-refractivity contribution < 1.29 is 17.9 Å². The third kappa shape index (κ3) is 9.59. The minimum Gasteiger partial charge on any atom is -0.372 e. The second-order valence-corrected chi connectivity index (χ2v) is 5.93. The first-order chi connectivity index (χ1) is 10.4. The highest BCUT2D eigenvalue weighted by Gasteiger charge is 2.31. The third-order valence-corrected chi connectivity index (χ3v) is 4.29. The largest absolute Gasteiger partial charge is 0.411 e. The molecule has 1 aliphatic rings. The first-order valence-corrected chi connectivity index (χ1v) is 8.00. The van der Waals surface area contributed by atoms with Gasteiger partial charge in [-0.1, -0.05) is 19.8 Å². The second-order valence-electron chi connectivity index (χ2n) is 5.93. The summed E-state index contributed by atoms with van der Waals surface area (Å²) in [5, 5.41) is 6.45. The topological polar surface area (TPSA) is 45.7 Å². The minimum atomic E-state index is -4.25. The van der Waals surface area contributed by atoms with Crippen LogP contribution in [0.1, 0.15) is 45.4 Å². The first kappa shape index (κ1) is 22.8. The van der Waals surface area contributed by atoms with Crippen molar-refractivity contribution in [3.05, 3.63) is 0 Å². The molecule has 2 N–H and O–H groups in total. The number of rotatable bonds is 8. The standard InChI is InChI=1S/C15H28F3N3O.HI/c1-3-14(7-4-5-8-14)11-21-13(19-2)20-9-6-10-22-12-15(16,17)18;/h3-12H2,1-2H3,(H2,19,20,21);1H. The normalized spacial score (nSPS) is 17.7. The number of aliphatic imine (C=N–C) groups is 1. The molecule has 0 aromatic rings. The number of alkyl halides is 3. The van der Waals surface area contributed by atoms with Crippen LogP contribution < -0.4 is 10.6 Å². The van der Waals surface area contributed by atoms with Crippen molar-refractivity contribution in [1.82, 2.24) is 10.6 Å². The van der Waals surface area contributed by atoms with E-state index in [-0.39, 0.29) is 30.6 Å². The van der Waals surface area contributed by atoms with Crippen molar-refractivity contribution in [2.75, 3.05) is 33.4 Å². The molecule has 8 heteroatoms. The van der Waals surface area contributed by atoms with E-state index in [2.05, 4.69) is 27.3 Å². The van der Waals surface area contributed by atoms with E-state index in [1.165, 1.54) is 25.7 Å². The van der Waals surface area contributed by atoms with Gasteiger partial charge >= 0.3 is 6.18 Å². The Hall–Kier alpha value is -0.250. The summed E-state index contributed by atoms with van der Waals surface area (Å²) in [5.74, 6) is 0.704. The van der Waals surface area contributed by atoms with Gasteiger partial charge in [0.25, 0.3) is 0 Å². The van der Waals surface area contributed by atoms with Crippen molar-refractivity contribution in [1.29, 1.82) is 0 Å². The summed E-state index contributed by atoms with van der Waals surface area (Å²) in [4.78, 5) is 4.15. The number of ether oxygens (including phenoxy) is 1. The molecule has 0 unspecified atom stereocenters. The van der Waals surface area contributed by atoms with Gasteiger partial charge in [0.15, 0.2) is 5.96 Å². The summed E-state index contributed by atoms with van der Waals surface area (Å²) in [5.41, 5.74) is 0.368. The molecule has 23 heavy (non-hydrogen) atoms. The number of hydrogen-bond donors (Lipinski definition) is 2. The smallest absolute Gasteiger partial charge is 0.372 e. The van der Waals surface area contributed by atoms with Crippen LogP contribution in [0.15, 0.2) is 4.99 Å². The van der Waals surface area contributed by atoms with Gasteiger partial charge in [0.05, 0.1) is 0 Å². The second kappa shape index (κ2) is 11.3. The van der Waals surface area contributed by atoms with Crippen LogP contribution >= 0.6 is 24.0 Å². The number of halogens is 4. The lowest BCUT2D eigenvalue weighted by molar-refractivity contribution is -0.173. The molecular weight excluding hydrogens is 422 g/mol. The highest BCUT2D eigenvalue weighted by molar-refractivity contribution is 14.0. The third-order valence-electron chi connectivity index (χ3n) is 4.29. The predicted molar refractivity (Wildman–Crippen MR) is 97.5 cm³/mol. The van der Waals surface area contributed by atoms with Gasteiger partial charge in [-0.3, -0.25) is 4.99 Å². The van der Waals surface area contributed by atoms with Crippen molar-refractivity contribution in [3.63, 3.8) is 0 Å². The van der Waals surface area contributed by atoms with Gasteiger partial charge in [-0.2, -0.15) is 13.2 Å². The average Bonchev–Trinajstić information content (AvgIpc) is 2.94. The van der Waals surface area contributed by atoms with Crippen molar-refractivity contribution >= 4 is 29.9 Å². The Morgan fingerprint density at radius 2 is 1.87 bits per heavy atom. The summed E-state index contributed by atoms with van der Waals surface area (Å²) in [6, 6.07) is 0.